The standard InChI is InChI=1S/C14H25N3O3S/c1-21-9-5-12(13(18)19)15-14(20)17-8-4-11(10-17)16-6-2-3-7-16/h11-12H,2-10H2,1H3,(H,15,20)(H,18,19). The van der Waals surface area contributed by atoms with Crippen molar-refractivity contribution >= 4 is 23.8 Å². The molecule has 0 spiro atoms. The molecule has 2 aliphatic rings. The topological polar surface area (TPSA) is 72.9 Å². The summed E-state index contributed by atoms with van der Waals surface area (Å²) in [6, 6.07) is -0.561. The Morgan fingerprint density at radius 1 is 1.33 bits per heavy atom. The molecule has 0 aromatic rings. The van der Waals surface area contributed by atoms with E-state index in [4.69, 9.17) is 5.11 Å². The SMILES string of the molecule is CSCCC(NC(=O)N1CCC(N2CCCC2)C1)C(=O)O. The second-order valence-corrected chi connectivity index (χ2v) is 6.74. The lowest BCUT2D eigenvalue weighted by atomic mass is 10.2. The summed E-state index contributed by atoms with van der Waals surface area (Å²) in [5.74, 6) is -0.221. The highest BCUT2D eigenvalue weighted by Gasteiger charge is 2.32. The number of nitrogens with zero attached hydrogens (tertiary/aromatic N) is 2. The lowest BCUT2D eigenvalue weighted by molar-refractivity contribution is -0.139. The fraction of sp³-hybridized carbons (Fsp3) is 0.857. The molecule has 2 amide bonds. The Hall–Kier alpha value is -0.950. The van der Waals surface area contributed by atoms with Gasteiger partial charge in [-0.2, -0.15) is 11.8 Å². The van der Waals surface area contributed by atoms with Crippen LogP contribution >= 0.6 is 11.8 Å². The summed E-state index contributed by atoms with van der Waals surface area (Å²) in [6.07, 6.45) is 5.89. The van der Waals surface area contributed by atoms with Gasteiger partial charge in [0.05, 0.1) is 0 Å². The summed E-state index contributed by atoms with van der Waals surface area (Å²) >= 11 is 1.59. The van der Waals surface area contributed by atoms with Crippen molar-refractivity contribution in [3.63, 3.8) is 0 Å². The molecular formula is C14H25N3O3S. The van der Waals surface area contributed by atoms with Gasteiger partial charge in [0.1, 0.15) is 6.04 Å². The minimum Gasteiger partial charge on any atom is -0.480 e. The Labute approximate surface area is 130 Å². The van der Waals surface area contributed by atoms with Crippen molar-refractivity contribution in [2.45, 2.75) is 37.8 Å². The molecule has 2 atom stereocenters. The highest BCUT2D eigenvalue weighted by atomic mass is 32.2. The molecule has 0 saturated carbocycles. The monoisotopic (exact) mass is 315 g/mol. The molecule has 21 heavy (non-hydrogen) atoms. The molecule has 120 valence electrons. The highest BCUT2D eigenvalue weighted by molar-refractivity contribution is 7.98. The van der Waals surface area contributed by atoms with Crippen LogP contribution in [0, 0.1) is 0 Å². The molecule has 2 N–H and O–H groups in total. The Balaban J connectivity index is 1.81. The first-order chi connectivity index (χ1) is 10.1. The summed E-state index contributed by atoms with van der Waals surface area (Å²) < 4.78 is 0. The average Bonchev–Trinajstić information content (AvgIpc) is 3.12. The summed E-state index contributed by atoms with van der Waals surface area (Å²) in [5.41, 5.74) is 0. The van der Waals surface area contributed by atoms with Gasteiger partial charge < -0.3 is 15.3 Å². The van der Waals surface area contributed by atoms with Gasteiger partial charge in [0.15, 0.2) is 0 Å². The van der Waals surface area contributed by atoms with E-state index in [1.54, 1.807) is 16.7 Å². The number of amides is 2. The van der Waals surface area contributed by atoms with Crippen LogP contribution in [0.1, 0.15) is 25.7 Å². The third kappa shape index (κ3) is 4.51. The molecule has 2 saturated heterocycles. The smallest absolute Gasteiger partial charge is 0.326 e. The number of carbonyl (C=O) groups excluding carboxylic acids is 1. The van der Waals surface area contributed by atoms with Gasteiger partial charge in [0.2, 0.25) is 0 Å². The minimum atomic E-state index is -0.951. The molecule has 2 rings (SSSR count). The number of rotatable bonds is 6. The van der Waals surface area contributed by atoms with Crippen LogP contribution in [0.15, 0.2) is 0 Å². The van der Waals surface area contributed by atoms with Crippen LogP contribution in [-0.4, -0.2) is 77.2 Å². The third-order valence-electron chi connectivity index (χ3n) is 4.31. The van der Waals surface area contributed by atoms with E-state index in [-0.39, 0.29) is 6.03 Å². The molecular weight excluding hydrogens is 290 g/mol. The Morgan fingerprint density at radius 3 is 2.67 bits per heavy atom. The Kier molecular flexibility index (Phi) is 6.17. The summed E-state index contributed by atoms with van der Waals surface area (Å²) in [4.78, 5) is 27.6. The molecule has 0 radical (unpaired) electrons. The number of aliphatic carboxylic acids is 1. The van der Waals surface area contributed by atoms with E-state index in [2.05, 4.69) is 10.2 Å². The van der Waals surface area contributed by atoms with Gasteiger partial charge in [0, 0.05) is 19.1 Å². The van der Waals surface area contributed by atoms with Gasteiger partial charge >= 0.3 is 12.0 Å². The van der Waals surface area contributed by atoms with E-state index >= 15 is 0 Å². The first-order valence-electron chi connectivity index (χ1n) is 7.63. The van der Waals surface area contributed by atoms with Crippen LogP contribution < -0.4 is 5.32 Å². The van der Waals surface area contributed by atoms with Crippen molar-refractivity contribution < 1.29 is 14.7 Å². The molecule has 0 bridgehead atoms. The zero-order valence-electron chi connectivity index (χ0n) is 12.6. The van der Waals surface area contributed by atoms with Crippen molar-refractivity contribution in [3.05, 3.63) is 0 Å². The number of carboxylic acid groups (broad SMARTS) is 1. The van der Waals surface area contributed by atoms with Crippen molar-refractivity contribution in [1.29, 1.82) is 0 Å². The van der Waals surface area contributed by atoms with E-state index in [0.717, 1.165) is 38.4 Å². The van der Waals surface area contributed by atoms with E-state index < -0.39 is 12.0 Å². The molecule has 0 aliphatic carbocycles. The van der Waals surface area contributed by atoms with E-state index in [0.29, 0.717) is 12.5 Å². The number of nitrogens with one attached hydrogen (secondary N) is 1. The maximum Gasteiger partial charge on any atom is 0.326 e. The number of urea groups is 1. The lowest BCUT2D eigenvalue weighted by Gasteiger charge is -2.24. The number of hydrogen-bond donors (Lipinski definition) is 2. The zero-order chi connectivity index (χ0) is 15.2. The van der Waals surface area contributed by atoms with Gasteiger partial charge in [-0.3, -0.25) is 4.90 Å². The highest BCUT2D eigenvalue weighted by Crippen LogP contribution is 2.20. The number of hydrogen-bond acceptors (Lipinski definition) is 4. The third-order valence-corrected chi connectivity index (χ3v) is 4.96. The van der Waals surface area contributed by atoms with Gasteiger partial charge in [-0.25, -0.2) is 9.59 Å². The van der Waals surface area contributed by atoms with Crippen LogP contribution in [0.5, 0.6) is 0 Å². The molecule has 0 aromatic heterocycles. The Bertz CT molecular complexity index is 374. The van der Waals surface area contributed by atoms with Crippen LogP contribution in [0.25, 0.3) is 0 Å². The normalized spacial score (nSPS) is 24.2. The fourth-order valence-corrected chi connectivity index (χ4v) is 3.54. The van der Waals surface area contributed by atoms with E-state index in [1.807, 2.05) is 6.26 Å². The number of carbonyl (C=O) groups is 2. The van der Waals surface area contributed by atoms with Gasteiger partial charge in [-0.15, -0.1) is 0 Å². The zero-order valence-corrected chi connectivity index (χ0v) is 13.4. The quantitative estimate of drug-likeness (QED) is 0.767. The van der Waals surface area contributed by atoms with Crippen molar-refractivity contribution in [3.8, 4) is 0 Å². The summed E-state index contributed by atoms with van der Waals surface area (Å²) in [6.45, 7) is 3.71. The van der Waals surface area contributed by atoms with Crippen molar-refractivity contribution in [2.75, 3.05) is 38.2 Å². The molecule has 7 heteroatoms. The second-order valence-electron chi connectivity index (χ2n) is 5.75. The van der Waals surface area contributed by atoms with Gasteiger partial charge in [0.25, 0.3) is 0 Å². The molecule has 2 fully saturated rings. The molecule has 2 aliphatic heterocycles. The predicted molar refractivity (Wildman–Crippen MR) is 83.7 cm³/mol. The second kappa shape index (κ2) is 7.89. The number of likely N-dealkylation sites (tertiary alicyclic amines) is 2. The summed E-state index contributed by atoms with van der Waals surface area (Å²) in [7, 11) is 0. The van der Waals surface area contributed by atoms with Crippen LogP contribution in [-0.2, 0) is 4.79 Å². The van der Waals surface area contributed by atoms with Gasteiger partial charge in [-0.1, -0.05) is 0 Å². The van der Waals surface area contributed by atoms with E-state index in [1.165, 1.54) is 12.8 Å². The predicted octanol–water partition coefficient (Wildman–Crippen LogP) is 1.07. The van der Waals surface area contributed by atoms with E-state index in [9.17, 15) is 9.59 Å². The van der Waals surface area contributed by atoms with Crippen LogP contribution in [0.2, 0.25) is 0 Å². The van der Waals surface area contributed by atoms with Crippen LogP contribution in [0.3, 0.4) is 0 Å². The summed E-state index contributed by atoms with van der Waals surface area (Å²) in [5, 5.41) is 11.8. The largest absolute Gasteiger partial charge is 0.480 e. The van der Waals surface area contributed by atoms with Crippen molar-refractivity contribution in [2.24, 2.45) is 0 Å². The first-order valence-corrected chi connectivity index (χ1v) is 9.02. The fourth-order valence-electron chi connectivity index (χ4n) is 3.06. The maximum atomic E-state index is 12.2. The number of carboxylic acids is 1. The Morgan fingerprint density at radius 2 is 2.05 bits per heavy atom. The average molecular weight is 315 g/mol. The number of thioether (sulfide) groups is 1. The maximum absolute atomic E-state index is 12.2. The molecule has 2 unspecified atom stereocenters. The molecule has 0 aromatic carbocycles. The molecule has 6 nitrogen and oxygen atoms in total. The van der Waals surface area contributed by atoms with Crippen molar-refractivity contribution in [1.82, 2.24) is 15.1 Å². The minimum absolute atomic E-state index is 0.231. The lowest BCUT2D eigenvalue weighted by Crippen LogP contribution is -2.48. The van der Waals surface area contributed by atoms with Gasteiger partial charge in [-0.05, 0) is 50.8 Å². The molecule has 2 heterocycles. The van der Waals surface area contributed by atoms with Crippen LogP contribution in [0.4, 0.5) is 4.79 Å². The first kappa shape index (κ1) is 16.4.